The van der Waals surface area contributed by atoms with Gasteiger partial charge in [-0.3, -0.25) is 4.79 Å². The summed E-state index contributed by atoms with van der Waals surface area (Å²) in [5.74, 6) is -0.00762. The highest BCUT2D eigenvalue weighted by molar-refractivity contribution is 8.02. The van der Waals surface area contributed by atoms with Gasteiger partial charge in [-0.05, 0) is 45.2 Å². The Hall–Kier alpha value is -3.29. The molecule has 0 atom stereocenters. The predicted molar refractivity (Wildman–Crippen MR) is 122 cm³/mol. The molecule has 4 heteroatoms. The number of likely N-dealkylation sites (N-methyl/N-ethyl adjacent to an activating group) is 1. The topological polar surface area (TPSA) is 44.1 Å². The SMILES string of the molecule is CS/C(=C\C#N)C/C(=C1\C(=O)N(C)c2ccccc21)c1ccc2ccccc2c1. The van der Waals surface area contributed by atoms with Crippen molar-refractivity contribution in [2.24, 2.45) is 0 Å². The Bertz CT molecular complexity index is 1220. The zero-order chi connectivity index (χ0) is 20.4. The van der Waals surface area contributed by atoms with E-state index in [0.29, 0.717) is 6.42 Å². The van der Waals surface area contributed by atoms with Crippen LogP contribution < -0.4 is 4.90 Å². The van der Waals surface area contributed by atoms with Crippen LogP contribution in [0.15, 0.2) is 77.7 Å². The third-order valence-corrected chi connectivity index (χ3v) is 6.08. The van der Waals surface area contributed by atoms with Crippen LogP contribution in [0.4, 0.5) is 5.69 Å². The lowest BCUT2D eigenvalue weighted by molar-refractivity contribution is -0.112. The van der Waals surface area contributed by atoms with Gasteiger partial charge in [-0.2, -0.15) is 5.26 Å². The predicted octanol–water partition coefficient (Wildman–Crippen LogP) is 5.89. The van der Waals surface area contributed by atoms with E-state index in [2.05, 4.69) is 36.4 Å². The van der Waals surface area contributed by atoms with E-state index in [9.17, 15) is 10.1 Å². The molecule has 0 saturated carbocycles. The number of anilines is 1. The van der Waals surface area contributed by atoms with E-state index < -0.39 is 0 Å². The first-order valence-corrected chi connectivity index (χ1v) is 10.6. The highest BCUT2D eigenvalue weighted by atomic mass is 32.2. The highest BCUT2D eigenvalue weighted by Crippen LogP contribution is 2.43. The van der Waals surface area contributed by atoms with Crippen molar-refractivity contribution in [3.63, 3.8) is 0 Å². The minimum Gasteiger partial charge on any atom is -0.311 e. The van der Waals surface area contributed by atoms with Gasteiger partial charge in [0, 0.05) is 25.1 Å². The molecule has 3 nitrogen and oxygen atoms in total. The summed E-state index contributed by atoms with van der Waals surface area (Å²) < 4.78 is 0. The fourth-order valence-corrected chi connectivity index (χ4v) is 4.26. The minimum absolute atomic E-state index is 0.00762. The minimum atomic E-state index is -0.00762. The van der Waals surface area contributed by atoms with Gasteiger partial charge in [0.2, 0.25) is 0 Å². The number of benzene rings is 3. The molecule has 0 saturated heterocycles. The summed E-state index contributed by atoms with van der Waals surface area (Å²) in [6.45, 7) is 0. The van der Waals surface area contributed by atoms with Crippen LogP contribution in [0.2, 0.25) is 0 Å². The second-order valence-corrected chi connectivity index (χ2v) is 7.85. The Balaban J connectivity index is 1.98. The number of allylic oxidation sites excluding steroid dienone is 3. The van der Waals surface area contributed by atoms with Gasteiger partial charge in [-0.1, -0.05) is 54.6 Å². The lowest BCUT2D eigenvalue weighted by Gasteiger charge is -2.14. The van der Waals surface area contributed by atoms with Gasteiger partial charge in [0.15, 0.2) is 0 Å². The monoisotopic (exact) mass is 396 g/mol. The van der Waals surface area contributed by atoms with E-state index >= 15 is 0 Å². The molecule has 0 fully saturated rings. The third-order valence-electron chi connectivity index (χ3n) is 5.29. The van der Waals surface area contributed by atoms with Crippen LogP contribution in [0.5, 0.6) is 0 Å². The van der Waals surface area contributed by atoms with Crippen molar-refractivity contribution >= 4 is 45.3 Å². The summed E-state index contributed by atoms with van der Waals surface area (Å²) >= 11 is 1.54. The van der Waals surface area contributed by atoms with Crippen LogP contribution in [0.25, 0.3) is 21.9 Å². The lowest BCUT2D eigenvalue weighted by atomic mass is 9.91. The van der Waals surface area contributed by atoms with Crippen molar-refractivity contribution in [1.82, 2.24) is 0 Å². The number of nitriles is 1. The van der Waals surface area contributed by atoms with Crippen molar-refractivity contribution in [3.8, 4) is 6.07 Å². The second-order valence-electron chi connectivity index (χ2n) is 6.92. The van der Waals surface area contributed by atoms with E-state index in [1.54, 1.807) is 22.7 Å². The number of rotatable bonds is 4. The number of carbonyl (C=O) groups excluding carboxylic acids is 1. The van der Waals surface area contributed by atoms with Crippen molar-refractivity contribution in [2.45, 2.75) is 6.42 Å². The van der Waals surface area contributed by atoms with Crippen LogP contribution in [0, 0.1) is 11.3 Å². The van der Waals surface area contributed by atoms with Gasteiger partial charge in [0.1, 0.15) is 0 Å². The van der Waals surface area contributed by atoms with Crippen LogP contribution in [0.3, 0.4) is 0 Å². The van der Waals surface area contributed by atoms with Crippen molar-refractivity contribution < 1.29 is 4.79 Å². The fourth-order valence-electron chi connectivity index (χ4n) is 3.80. The van der Waals surface area contributed by atoms with Crippen molar-refractivity contribution in [2.75, 3.05) is 18.2 Å². The van der Waals surface area contributed by atoms with Gasteiger partial charge in [-0.15, -0.1) is 11.8 Å². The van der Waals surface area contributed by atoms with E-state index in [0.717, 1.165) is 43.6 Å². The summed E-state index contributed by atoms with van der Waals surface area (Å²) in [7, 11) is 1.81. The number of thioether (sulfide) groups is 1. The molecule has 0 spiro atoms. The van der Waals surface area contributed by atoms with Crippen LogP contribution in [-0.4, -0.2) is 19.2 Å². The Labute approximate surface area is 175 Å². The molecule has 1 heterocycles. The normalized spacial score (nSPS) is 15.4. The molecule has 0 unspecified atom stereocenters. The first-order valence-electron chi connectivity index (χ1n) is 9.36. The molecule has 0 radical (unpaired) electrons. The van der Waals surface area contributed by atoms with Gasteiger partial charge in [-0.25, -0.2) is 0 Å². The van der Waals surface area contributed by atoms with Gasteiger partial charge in [0.05, 0.1) is 17.3 Å². The Kier molecular flexibility index (Phi) is 5.24. The van der Waals surface area contributed by atoms with E-state index in [-0.39, 0.29) is 5.91 Å². The zero-order valence-corrected chi connectivity index (χ0v) is 17.2. The molecule has 3 aromatic rings. The average molecular weight is 397 g/mol. The summed E-state index contributed by atoms with van der Waals surface area (Å²) in [6.07, 6.45) is 4.07. The smallest absolute Gasteiger partial charge is 0.259 e. The molecule has 0 aliphatic carbocycles. The van der Waals surface area contributed by atoms with Crippen molar-refractivity contribution in [3.05, 3.63) is 88.8 Å². The Morgan fingerprint density at radius 1 is 1.07 bits per heavy atom. The number of para-hydroxylation sites is 1. The highest BCUT2D eigenvalue weighted by Gasteiger charge is 2.32. The summed E-state index contributed by atoms with van der Waals surface area (Å²) in [5.41, 5.74) is 4.54. The molecule has 1 aliphatic heterocycles. The average Bonchev–Trinajstić information content (AvgIpc) is 3.01. The number of amides is 1. The molecular formula is C25H20N2OS. The van der Waals surface area contributed by atoms with Gasteiger partial charge in [0.25, 0.3) is 5.91 Å². The standard InChI is InChI=1S/C25H20N2OS/c1-27-23-10-6-5-9-21(23)24(25(27)28)22(16-20(29-2)13-14-26)19-12-11-17-7-3-4-8-18(17)15-19/h3-13,15H,16H2,1-2H3/b20-13-,24-22+. The zero-order valence-electron chi connectivity index (χ0n) is 16.3. The first kappa shape index (κ1) is 19.0. The molecule has 142 valence electrons. The van der Waals surface area contributed by atoms with Crippen LogP contribution in [-0.2, 0) is 4.79 Å². The number of nitrogens with zero attached hydrogens (tertiary/aromatic N) is 2. The fraction of sp³-hybridized carbons (Fsp3) is 0.120. The molecule has 0 N–H and O–H groups in total. The van der Waals surface area contributed by atoms with Crippen LogP contribution in [0.1, 0.15) is 17.5 Å². The quantitative estimate of drug-likeness (QED) is 0.408. The van der Waals surface area contributed by atoms with E-state index in [4.69, 9.17) is 0 Å². The van der Waals surface area contributed by atoms with E-state index in [1.165, 1.54) is 0 Å². The summed E-state index contributed by atoms with van der Waals surface area (Å²) in [5, 5.41) is 11.5. The molecule has 0 aromatic heterocycles. The van der Waals surface area contributed by atoms with Gasteiger partial charge < -0.3 is 4.90 Å². The second kappa shape index (κ2) is 7.98. The Morgan fingerprint density at radius 2 is 1.79 bits per heavy atom. The summed E-state index contributed by atoms with van der Waals surface area (Å²) in [4.78, 5) is 15.9. The maximum atomic E-state index is 13.2. The number of fused-ring (bicyclic) bond motifs is 2. The molecule has 1 amide bonds. The maximum absolute atomic E-state index is 13.2. The molecule has 3 aromatic carbocycles. The number of carbonyl (C=O) groups is 1. The number of hydrogen-bond acceptors (Lipinski definition) is 3. The largest absolute Gasteiger partial charge is 0.311 e. The molecule has 4 rings (SSSR count). The lowest BCUT2D eigenvalue weighted by Crippen LogP contribution is -2.20. The van der Waals surface area contributed by atoms with Crippen molar-refractivity contribution in [1.29, 1.82) is 5.26 Å². The maximum Gasteiger partial charge on any atom is 0.259 e. The molecule has 29 heavy (non-hydrogen) atoms. The third kappa shape index (κ3) is 3.46. The number of hydrogen-bond donors (Lipinski definition) is 0. The van der Waals surface area contributed by atoms with Gasteiger partial charge >= 0.3 is 0 Å². The molecule has 0 bridgehead atoms. The summed E-state index contributed by atoms with van der Waals surface area (Å²) in [6, 6.07) is 24.5. The Morgan fingerprint density at radius 3 is 2.55 bits per heavy atom. The van der Waals surface area contributed by atoms with E-state index in [1.807, 2.05) is 49.7 Å². The first-order chi connectivity index (χ1) is 14.1. The molecular weight excluding hydrogens is 376 g/mol. The van der Waals surface area contributed by atoms with Crippen LogP contribution >= 0.6 is 11.8 Å². The molecule has 1 aliphatic rings.